The zero-order valence-electron chi connectivity index (χ0n) is 19.7. The van der Waals surface area contributed by atoms with Crippen molar-refractivity contribution < 1.29 is 32.6 Å². The monoisotopic (exact) mass is 495 g/mol. The van der Waals surface area contributed by atoms with Gasteiger partial charge in [-0.1, -0.05) is 0 Å². The fourth-order valence-electron chi connectivity index (χ4n) is 6.26. The molecule has 2 amide bonds. The smallest absolute Gasteiger partial charge is 0.418 e. The summed E-state index contributed by atoms with van der Waals surface area (Å²) in [6.07, 6.45) is -0.143. The standard InChI is InChI=1S/C25H32F3N3O4/c26-25(27,28)20-15-18(31-12-2-14-35-23(31)34)5-8-21(20)29-11-1-9-24(16-29)10-13-30(22(24)33)17-3-6-19(32)7-4-17/h5,8,15,17,19,32H,1-4,6-7,9-14,16H2/t17-,19-,24-/m0/s1. The summed E-state index contributed by atoms with van der Waals surface area (Å²) in [6.45, 7) is 1.90. The average molecular weight is 496 g/mol. The van der Waals surface area contributed by atoms with Crippen molar-refractivity contribution in [3.8, 4) is 0 Å². The molecule has 35 heavy (non-hydrogen) atoms. The zero-order chi connectivity index (χ0) is 24.8. The van der Waals surface area contributed by atoms with Crippen LogP contribution in [0, 0.1) is 5.41 Å². The number of hydrogen-bond acceptors (Lipinski definition) is 5. The minimum atomic E-state index is -4.61. The number of aliphatic hydroxyl groups is 1. The second-order valence-corrected chi connectivity index (χ2v) is 10.3. The van der Waals surface area contributed by atoms with Crippen molar-refractivity contribution in [3.05, 3.63) is 23.8 Å². The van der Waals surface area contributed by atoms with Crippen molar-refractivity contribution in [2.75, 3.05) is 42.6 Å². The predicted molar refractivity (Wildman–Crippen MR) is 123 cm³/mol. The van der Waals surface area contributed by atoms with Crippen LogP contribution in [0.5, 0.6) is 0 Å². The van der Waals surface area contributed by atoms with E-state index < -0.39 is 23.2 Å². The molecule has 4 fully saturated rings. The number of ether oxygens (including phenoxy) is 1. The maximum absolute atomic E-state index is 14.2. The Hall–Kier alpha value is -2.49. The van der Waals surface area contributed by atoms with Gasteiger partial charge in [-0.2, -0.15) is 13.2 Å². The Morgan fingerprint density at radius 2 is 1.77 bits per heavy atom. The van der Waals surface area contributed by atoms with Gasteiger partial charge < -0.3 is 19.6 Å². The van der Waals surface area contributed by atoms with E-state index in [0.717, 1.165) is 18.9 Å². The number of aliphatic hydroxyl groups excluding tert-OH is 1. The highest BCUT2D eigenvalue weighted by Crippen LogP contribution is 2.46. The summed E-state index contributed by atoms with van der Waals surface area (Å²) < 4.78 is 47.5. The normalized spacial score (nSPS) is 30.2. The minimum Gasteiger partial charge on any atom is -0.449 e. The molecule has 1 atom stereocenters. The van der Waals surface area contributed by atoms with Crippen LogP contribution in [0.25, 0.3) is 0 Å². The molecule has 10 heteroatoms. The molecular weight excluding hydrogens is 463 g/mol. The van der Waals surface area contributed by atoms with Crippen molar-refractivity contribution in [2.24, 2.45) is 5.41 Å². The van der Waals surface area contributed by atoms with Crippen LogP contribution < -0.4 is 9.80 Å². The number of piperidine rings is 1. The third-order valence-corrected chi connectivity index (χ3v) is 8.14. The molecule has 3 heterocycles. The van der Waals surface area contributed by atoms with Crippen LogP contribution in [-0.4, -0.2) is 66.9 Å². The molecule has 5 rings (SSSR count). The molecule has 192 valence electrons. The van der Waals surface area contributed by atoms with E-state index in [1.165, 1.54) is 17.0 Å². The zero-order valence-corrected chi connectivity index (χ0v) is 19.7. The number of carbonyl (C=O) groups excluding carboxylic acids is 2. The Balaban J connectivity index is 1.39. The number of hydrogen-bond donors (Lipinski definition) is 1. The molecular formula is C25H32F3N3O4. The molecule has 0 radical (unpaired) electrons. The molecule has 1 N–H and O–H groups in total. The maximum atomic E-state index is 14.2. The van der Waals surface area contributed by atoms with Crippen LogP contribution in [0.1, 0.15) is 56.9 Å². The Morgan fingerprint density at radius 1 is 1.00 bits per heavy atom. The van der Waals surface area contributed by atoms with Gasteiger partial charge in [-0.05, 0) is 69.6 Å². The number of nitrogens with zero attached hydrogens (tertiary/aromatic N) is 3. The fraction of sp³-hybridized carbons (Fsp3) is 0.680. The lowest BCUT2D eigenvalue weighted by atomic mass is 9.78. The highest BCUT2D eigenvalue weighted by atomic mass is 19.4. The molecule has 1 saturated carbocycles. The molecule has 1 aromatic carbocycles. The van der Waals surface area contributed by atoms with Gasteiger partial charge >= 0.3 is 12.3 Å². The van der Waals surface area contributed by atoms with Crippen LogP contribution in [0.3, 0.4) is 0 Å². The number of cyclic esters (lactones) is 1. The van der Waals surface area contributed by atoms with E-state index in [0.29, 0.717) is 58.2 Å². The summed E-state index contributed by atoms with van der Waals surface area (Å²) in [4.78, 5) is 30.5. The van der Waals surface area contributed by atoms with E-state index in [4.69, 9.17) is 4.74 Å². The first-order valence-corrected chi connectivity index (χ1v) is 12.6. The van der Waals surface area contributed by atoms with Gasteiger partial charge in [-0.3, -0.25) is 9.69 Å². The lowest BCUT2D eigenvalue weighted by Gasteiger charge is -2.42. The number of amides is 2. The van der Waals surface area contributed by atoms with Gasteiger partial charge in [0.2, 0.25) is 5.91 Å². The molecule has 3 aliphatic heterocycles. The quantitative estimate of drug-likeness (QED) is 0.681. The molecule has 1 spiro atoms. The lowest BCUT2D eigenvalue weighted by molar-refractivity contribution is -0.139. The third-order valence-electron chi connectivity index (χ3n) is 8.14. The molecule has 3 saturated heterocycles. The van der Waals surface area contributed by atoms with Crippen LogP contribution in [0.2, 0.25) is 0 Å². The van der Waals surface area contributed by atoms with E-state index in [9.17, 15) is 27.9 Å². The molecule has 1 aliphatic carbocycles. The van der Waals surface area contributed by atoms with Gasteiger partial charge in [0, 0.05) is 43.6 Å². The summed E-state index contributed by atoms with van der Waals surface area (Å²) in [5.41, 5.74) is -1.25. The number of benzene rings is 1. The fourth-order valence-corrected chi connectivity index (χ4v) is 6.26. The molecule has 4 aliphatic rings. The molecule has 7 nitrogen and oxygen atoms in total. The highest BCUT2D eigenvalue weighted by molar-refractivity contribution is 5.89. The second kappa shape index (κ2) is 9.19. The molecule has 0 bridgehead atoms. The van der Waals surface area contributed by atoms with Crippen molar-refractivity contribution >= 4 is 23.4 Å². The number of rotatable bonds is 3. The Kier molecular flexibility index (Phi) is 6.35. The number of halogens is 3. The van der Waals surface area contributed by atoms with Crippen molar-refractivity contribution in [3.63, 3.8) is 0 Å². The Labute approximate surface area is 202 Å². The van der Waals surface area contributed by atoms with E-state index in [1.807, 2.05) is 4.90 Å². The maximum Gasteiger partial charge on any atom is 0.418 e. The van der Waals surface area contributed by atoms with Gasteiger partial charge in [0.05, 0.1) is 23.7 Å². The third kappa shape index (κ3) is 4.57. The molecule has 1 aromatic rings. The van der Waals surface area contributed by atoms with Crippen molar-refractivity contribution in [1.82, 2.24) is 4.90 Å². The second-order valence-electron chi connectivity index (χ2n) is 10.3. The van der Waals surface area contributed by atoms with E-state index >= 15 is 0 Å². The first-order chi connectivity index (χ1) is 16.7. The summed E-state index contributed by atoms with van der Waals surface area (Å²) >= 11 is 0. The number of likely N-dealkylation sites (tertiary alicyclic amines) is 1. The van der Waals surface area contributed by atoms with E-state index in [-0.39, 0.29) is 42.6 Å². The Bertz CT molecular complexity index is 979. The first-order valence-electron chi connectivity index (χ1n) is 12.6. The van der Waals surface area contributed by atoms with Gasteiger partial charge in [-0.25, -0.2) is 4.79 Å². The SMILES string of the molecule is O=C1OCCCN1c1ccc(N2CCC[C@]3(CCN([C@H]4CC[C@H](O)CC4)C3=O)C2)c(C(F)(F)F)c1. The highest BCUT2D eigenvalue weighted by Gasteiger charge is 2.51. The van der Waals surface area contributed by atoms with Gasteiger partial charge in [-0.15, -0.1) is 0 Å². The van der Waals surface area contributed by atoms with Gasteiger partial charge in [0.25, 0.3) is 0 Å². The average Bonchev–Trinajstić information content (AvgIpc) is 3.14. The van der Waals surface area contributed by atoms with Crippen LogP contribution in [0.15, 0.2) is 18.2 Å². The number of alkyl halides is 3. The molecule has 0 aromatic heterocycles. The molecule has 0 unspecified atom stereocenters. The van der Waals surface area contributed by atoms with Crippen molar-refractivity contribution in [2.45, 2.75) is 69.7 Å². The topological polar surface area (TPSA) is 73.3 Å². The summed E-state index contributed by atoms with van der Waals surface area (Å²) in [6, 6.07) is 4.10. The summed E-state index contributed by atoms with van der Waals surface area (Å²) in [5, 5.41) is 9.82. The van der Waals surface area contributed by atoms with Crippen LogP contribution in [0.4, 0.5) is 29.3 Å². The van der Waals surface area contributed by atoms with Gasteiger partial charge in [0.1, 0.15) is 0 Å². The Morgan fingerprint density at radius 3 is 2.49 bits per heavy atom. The number of carbonyl (C=O) groups is 2. The largest absolute Gasteiger partial charge is 0.449 e. The van der Waals surface area contributed by atoms with Crippen LogP contribution >= 0.6 is 0 Å². The predicted octanol–water partition coefficient (Wildman–Crippen LogP) is 4.17. The van der Waals surface area contributed by atoms with Crippen molar-refractivity contribution in [1.29, 1.82) is 0 Å². The van der Waals surface area contributed by atoms with E-state index in [2.05, 4.69) is 0 Å². The summed E-state index contributed by atoms with van der Waals surface area (Å²) in [5.74, 6) is 0.0461. The van der Waals surface area contributed by atoms with E-state index in [1.54, 1.807) is 4.90 Å². The first kappa shape index (κ1) is 24.2. The lowest BCUT2D eigenvalue weighted by Crippen LogP contribution is -2.50. The summed E-state index contributed by atoms with van der Waals surface area (Å²) in [7, 11) is 0. The minimum absolute atomic E-state index is 0.0461. The van der Waals surface area contributed by atoms with Gasteiger partial charge in [0.15, 0.2) is 0 Å². The van der Waals surface area contributed by atoms with Crippen LogP contribution in [-0.2, 0) is 15.7 Å². The number of anilines is 2.